The Kier molecular flexibility index (Phi) is 7.34. The summed E-state index contributed by atoms with van der Waals surface area (Å²) in [7, 11) is 0. The first-order valence-electron chi connectivity index (χ1n) is 15.1. The number of fused-ring (bicyclic) bond motifs is 3. The highest BCUT2D eigenvalue weighted by Gasteiger charge is 2.66. The van der Waals surface area contributed by atoms with Gasteiger partial charge in [0.15, 0.2) is 5.78 Å². The van der Waals surface area contributed by atoms with E-state index in [-0.39, 0.29) is 46.4 Å². The van der Waals surface area contributed by atoms with Gasteiger partial charge in [-0.25, -0.2) is 4.79 Å². The van der Waals surface area contributed by atoms with Crippen molar-refractivity contribution in [3.05, 3.63) is 47.5 Å². The maximum Gasteiger partial charge on any atom is 0.338 e. The predicted molar refractivity (Wildman–Crippen MR) is 152 cm³/mol. The van der Waals surface area contributed by atoms with E-state index in [0.29, 0.717) is 36.3 Å². The Hall–Kier alpha value is -2.47. The van der Waals surface area contributed by atoms with Crippen molar-refractivity contribution in [1.29, 1.82) is 0 Å². The minimum absolute atomic E-state index is 0.0137. The Morgan fingerprint density at radius 3 is 2.38 bits per heavy atom. The number of esters is 2. The lowest BCUT2D eigenvalue weighted by atomic mass is 9.39. The van der Waals surface area contributed by atoms with Crippen LogP contribution in [0.5, 0.6) is 0 Å². The number of hydrogen-bond acceptors (Lipinski definition) is 6. The van der Waals surface area contributed by atoms with Gasteiger partial charge < -0.3 is 14.6 Å². The molecule has 0 heterocycles. The molecule has 40 heavy (non-hydrogen) atoms. The fraction of sp³-hybridized carbons (Fsp3) is 0.676. The molecule has 6 nitrogen and oxygen atoms in total. The summed E-state index contributed by atoms with van der Waals surface area (Å²) in [4.78, 5) is 38.3. The van der Waals surface area contributed by atoms with Crippen LogP contribution >= 0.6 is 0 Å². The second-order valence-corrected chi connectivity index (χ2v) is 14.5. The highest BCUT2D eigenvalue weighted by Crippen LogP contribution is 2.69. The third-order valence-corrected chi connectivity index (χ3v) is 11.3. The zero-order chi connectivity index (χ0) is 29.1. The molecule has 1 N–H and O–H groups in total. The van der Waals surface area contributed by atoms with Gasteiger partial charge in [0.05, 0.1) is 11.2 Å². The van der Waals surface area contributed by atoms with Crippen LogP contribution in [0.3, 0.4) is 0 Å². The summed E-state index contributed by atoms with van der Waals surface area (Å²) in [5.74, 6) is -0.644. The van der Waals surface area contributed by atoms with Crippen molar-refractivity contribution in [2.75, 3.05) is 0 Å². The third kappa shape index (κ3) is 4.95. The Labute approximate surface area is 238 Å². The van der Waals surface area contributed by atoms with E-state index in [1.165, 1.54) is 6.92 Å². The van der Waals surface area contributed by atoms with Gasteiger partial charge in [-0.15, -0.1) is 0 Å². The summed E-state index contributed by atoms with van der Waals surface area (Å²) in [6.07, 6.45) is 6.85. The van der Waals surface area contributed by atoms with Crippen molar-refractivity contribution in [1.82, 2.24) is 0 Å². The van der Waals surface area contributed by atoms with E-state index in [2.05, 4.69) is 27.7 Å². The molecular weight excluding hydrogens is 504 g/mol. The SMILES string of the molecule is CC(=O)O[C@@H]1C[C@@]2(C)C[C@@](O)([C@H]3CC(=O)C(C)=C[C@H]3OC(=O)c3ccccc3)CC[C@@H]2[C@@]2(C)CCCC(C)(C)[C@H]12. The number of Topliss-reactive ketones (excluding diaryl/α,β-unsaturated/α-hetero) is 1. The second-order valence-electron chi connectivity index (χ2n) is 14.5. The zero-order valence-electron chi connectivity index (χ0n) is 25.0. The molecule has 3 fully saturated rings. The predicted octanol–water partition coefficient (Wildman–Crippen LogP) is 6.45. The lowest BCUT2D eigenvalue weighted by Gasteiger charge is -2.67. The Morgan fingerprint density at radius 2 is 1.70 bits per heavy atom. The molecule has 3 saturated carbocycles. The molecule has 0 bridgehead atoms. The van der Waals surface area contributed by atoms with E-state index >= 15 is 0 Å². The molecule has 4 aliphatic carbocycles. The van der Waals surface area contributed by atoms with Crippen molar-refractivity contribution >= 4 is 17.7 Å². The van der Waals surface area contributed by atoms with Gasteiger partial charge in [-0.05, 0) is 91.4 Å². The second kappa shape index (κ2) is 10.1. The molecule has 5 rings (SSSR count). The molecule has 0 radical (unpaired) electrons. The normalized spacial score (nSPS) is 40.7. The number of rotatable bonds is 4. The number of aliphatic hydroxyl groups is 1. The monoisotopic (exact) mass is 550 g/mol. The first-order chi connectivity index (χ1) is 18.7. The molecule has 0 spiro atoms. The molecule has 4 aliphatic rings. The van der Waals surface area contributed by atoms with Gasteiger partial charge in [-0.1, -0.05) is 52.3 Å². The summed E-state index contributed by atoms with van der Waals surface area (Å²) in [6, 6.07) is 8.85. The average Bonchev–Trinajstić information content (AvgIpc) is 2.84. The quantitative estimate of drug-likeness (QED) is 0.433. The third-order valence-electron chi connectivity index (χ3n) is 11.3. The van der Waals surface area contributed by atoms with Gasteiger partial charge >= 0.3 is 11.9 Å². The first-order valence-corrected chi connectivity index (χ1v) is 15.1. The van der Waals surface area contributed by atoms with Crippen molar-refractivity contribution in [2.24, 2.45) is 34.0 Å². The van der Waals surface area contributed by atoms with Crippen LogP contribution in [0, 0.1) is 34.0 Å². The number of hydrogen-bond donors (Lipinski definition) is 1. The van der Waals surface area contributed by atoms with Crippen molar-refractivity contribution in [3.8, 4) is 0 Å². The standard InChI is InChI=1S/C34H46O6/c1-21-17-26(40-30(37)23-11-8-7-9-12-23)24(18-25(21)36)34(38)16-13-28-32(5,20-34)19-27(39-22(2)35)29-31(3,4)14-10-15-33(28,29)6/h7-9,11-12,17,24,26-29,38H,10,13-16,18-20H2,1-6H3/t24-,26+,27+,28-,29-,32-,33+,34+/m0/s1. The highest BCUT2D eigenvalue weighted by molar-refractivity contribution is 5.96. The molecule has 0 saturated heterocycles. The molecule has 6 heteroatoms. The zero-order valence-corrected chi connectivity index (χ0v) is 25.0. The topological polar surface area (TPSA) is 89.9 Å². The summed E-state index contributed by atoms with van der Waals surface area (Å²) in [6.45, 7) is 12.5. The van der Waals surface area contributed by atoms with E-state index in [1.807, 2.05) is 6.07 Å². The van der Waals surface area contributed by atoms with Crippen molar-refractivity contribution < 1.29 is 29.0 Å². The van der Waals surface area contributed by atoms with E-state index in [9.17, 15) is 19.5 Å². The smallest absolute Gasteiger partial charge is 0.338 e. The van der Waals surface area contributed by atoms with Gasteiger partial charge in [0.25, 0.3) is 0 Å². The van der Waals surface area contributed by atoms with Crippen LogP contribution in [0.2, 0.25) is 0 Å². The Balaban J connectivity index is 1.47. The Bertz CT molecular complexity index is 1200. The lowest BCUT2D eigenvalue weighted by Crippen LogP contribution is -2.65. The largest absolute Gasteiger partial charge is 0.462 e. The number of carbonyl (C=O) groups excluding carboxylic acids is 3. The maximum absolute atomic E-state index is 13.1. The van der Waals surface area contributed by atoms with Crippen LogP contribution in [0.4, 0.5) is 0 Å². The number of allylic oxidation sites excluding steroid dienone is 1. The highest BCUT2D eigenvalue weighted by atomic mass is 16.5. The van der Waals surface area contributed by atoms with Gasteiger partial charge in [0.1, 0.15) is 12.2 Å². The number of ether oxygens (including phenoxy) is 2. The molecular formula is C34H46O6. The first kappa shape index (κ1) is 29.0. The van der Waals surface area contributed by atoms with E-state index in [1.54, 1.807) is 37.3 Å². The van der Waals surface area contributed by atoms with Crippen molar-refractivity contribution in [3.63, 3.8) is 0 Å². The number of ketones is 1. The van der Waals surface area contributed by atoms with Gasteiger partial charge in [0.2, 0.25) is 0 Å². The fourth-order valence-electron chi connectivity index (χ4n) is 9.97. The summed E-state index contributed by atoms with van der Waals surface area (Å²) < 4.78 is 12.1. The Morgan fingerprint density at radius 1 is 1.00 bits per heavy atom. The van der Waals surface area contributed by atoms with Crippen LogP contribution in [-0.2, 0) is 19.1 Å². The van der Waals surface area contributed by atoms with Crippen LogP contribution in [0.1, 0.15) is 103 Å². The van der Waals surface area contributed by atoms with Gasteiger partial charge in [0, 0.05) is 25.2 Å². The van der Waals surface area contributed by atoms with Gasteiger partial charge in [-0.3, -0.25) is 9.59 Å². The molecule has 1 aromatic carbocycles. The van der Waals surface area contributed by atoms with E-state index < -0.39 is 23.6 Å². The van der Waals surface area contributed by atoms with Crippen LogP contribution in [-0.4, -0.2) is 40.6 Å². The van der Waals surface area contributed by atoms with Gasteiger partial charge in [-0.2, -0.15) is 0 Å². The molecule has 1 aromatic rings. The summed E-state index contributed by atoms with van der Waals surface area (Å²) in [5, 5.41) is 12.4. The average molecular weight is 551 g/mol. The molecule has 8 atom stereocenters. The minimum Gasteiger partial charge on any atom is -0.462 e. The molecule has 0 unspecified atom stereocenters. The summed E-state index contributed by atoms with van der Waals surface area (Å²) in [5.41, 5.74) is -0.432. The molecule has 0 amide bonds. The van der Waals surface area contributed by atoms with E-state index in [0.717, 1.165) is 25.7 Å². The summed E-state index contributed by atoms with van der Waals surface area (Å²) >= 11 is 0. The minimum atomic E-state index is -1.19. The molecule has 0 aliphatic heterocycles. The lowest BCUT2D eigenvalue weighted by molar-refractivity contribution is -0.236. The molecule has 0 aromatic heterocycles. The number of carbonyl (C=O) groups is 3. The van der Waals surface area contributed by atoms with Crippen LogP contribution < -0.4 is 0 Å². The van der Waals surface area contributed by atoms with Crippen LogP contribution in [0.15, 0.2) is 42.0 Å². The number of benzene rings is 1. The fourth-order valence-corrected chi connectivity index (χ4v) is 9.97. The van der Waals surface area contributed by atoms with Crippen LogP contribution in [0.25, 0.3) is 0 Å². The van der Waals surface area contributed by atoms with E-state index in [4.69, 9.17) is 9.47 Å². The maximum atomic E-state index is 13.1. The molecule has 218 valence electrons. The van der Waals surface area contributed by atoms with Crippen molar-refractivity contribution in [2.45, 2.75) is 111 Å².